The number of pyridine rings is 1. The van der Waals surface area contributed by atoms with Crippen LogP contribution in [0.25, 0.3) is 0 Å². The number of aromatic nitrogens is 1. The van der Waals surface area contributed by atoms with Gasteiger partial charge in [0, 0.05) is 6.42 Å². The molecule has 92 valence electrons. The second kappa shape index (κ2) is 6.90. The minimum Gasteiger partial charge on any atom is -0.481 e. The summed E-state index contributed by atoms with van der Waals surface area (Å²) in [6, 6.07) is 3.40. The molecule has 5 nitrogen and oxygen atoms in total. The highest BCUT2D eigenvalue weighted by Crippen LogP contribution is 2.16. The molecule has 0 fully saturated rings. The van der Waals surface area contributed by atoms with E-state index < -0.39 is 5.97 Å². The fourth-order valence-corrected chi connectivity index (χ4v) is 1.69. The zero-order valence-electron chi connectivity index (χ0n) is 9.47. The number of hydrogen-bond donors (Lipinski definition) is 2. The van der Waals surface area contributed by atoms with Crippen molar-refractivity contribution in [3.8, 4) is 0 Å². The molecule has 0 atom stereocenters. The van der Waals surface area contributed by atoms with Gasteiger partial charge in [-0.05, 0) is 18.6 Å². The van der Waals surface area contributed by atoms with Crippen molar-refractivity contribution in [3.05, 3.63) is 18.3 Å². The highest BCUT2D eigenvalue weighted by Gasteiger charge is 2.03. The molecule has 0 radical (unpaired) electrons. The van der Waals surface area contributed by atoms with Crippen molar-refractivity contribution < 1.29 is 14.7 Å². The second-order valence-electron chi connectivity index (χ2n) is 3.37. The van der Waals surface area contributed by atoms with Crippen molar-refractivity contribution >= 4 is 29.3 Å². The van der Waals surface area contributed by atoms with Gasteiger partial charge in [-0.3, -0.25) is 9.59 Å². The van der Waals surface area contributed by atoms with Crippen LogP contribution in [0.2, 0.25) is 0 Å². The van der Waals surface area contributed by atoms with Gasteiger partial charge in [-0.15, -0.1) is 0 Å². The largest absolute Gasteiger partial charge is 0.481 e. The summed E-state index contributed by atoms with van der Waals surface area (Å²) in [7, 11) is 0. The average molecular weight is 254 g/mol. The number of carbonyl (C=O) groups excluding carboxylic acids is 1. The van der Waals surface area contributed by atoms with Crippen molar-refractivity contribution in [2.45, 2.75) is 24.8 Å². The van der Waals surface area contributed by atoms with Gasteiger partial charge in [-0.25, -0.2) is 4.98 Å². The predicted octanol–water partition coefficient (Wildman–Crippen LogP) is 2.00. The molecule has 0 spiro atoms. The second-order valence-corrected chi connectivity index (χ2v) is 4.36. The number of carbonyl (C=O) groups is 2. The minimum absolute atomic E-state index is 0.0193. The van der Waals surface area contributed by atoms with Crippen LogP contribution in [0, 0.1) is 0 Å². The van der Waals surface area contributed by atoms with Gasteiger partial charge in [-0.2, -0.15) is 0 Å². The molecule has 0 aromatic carbocycles. The van der Waals surface area contributed by atoms with E-state index in [4.69, 9.17) is 5.11 Å². The smallest absolute Gasteiger partial charge is 0.313 e. The molecule has 17 heavy (non-hydrogen) atoms. The van der Waals surface area contributed by atoms with Crippen molar-refractivity contribution in [2.24, 2.45) is 0 Å². The highest BCUT2D eigenvalue weighted by molar-refractivity contribution is 7.99. The molecule has 0 unspecified atom stereocenters. The number of nitrogens with zero attached hydrogens (tertiary/aromatic N) is 1. The molecule has 0 saturated heterocycles. The molecule has 1 aromatic rings. The lowest BCUT2D eigenvalue weighted by molar-refractivity contribution is -0.133. The van der Waals surface area contributed by atoms with E-state index in [1.165, 1.54) is 6.20 Å². The van der Waals surface area contributed by atoms with Crippen LogP contribution < -0.4 is 5.32 Å². The van der Waals surface area contributed by atoms with Crippen LogP contribution in [0.4, 0.5) is 5.69 Å². The Morgan fingerprint density at radius 1 is 1.47 bits per heavy atom. The number of carboxylic acid groups (broad SMARTS) is 1. The summed E-state index contributed by atoms with van der Waals surface area (Å²) >= 11 is 1.14. The highest BCUT2D eigenvalue weighted by atomic mass is 32.2. The summed E-state index contributed by atoms with van der Waals surface area (Å²) in [6.45, 7) is 1.93. The number of rotatable bonds is 6. The predicted molar refractivity (Wildman–Crippen MR) is 66.1 cm³/mol. The Morgan fingerprint density at radius 3 is 2.76 bits per heavy atom. The first kappa shape index (κ1) is 13.5. The molecule has 1 aromatic heterocycles. The Kier molecular flexibility index (Phi) is 5.48. The summed E-state index contributed by atoms with van der Waals surface area (Å²) in [4.78, 5) is 25.7. The zero-order valence-corrected chi connectivity index (χ0v) is 10.3. The van der Waals surface area contributed by atoms with Gasteiger partial charge in [0.1, 0.15) is 0 Å². The number of carboxylic acids is 1. The summed E-state index contributed by atoms with van der Waals surface area (Å²) in [5.74, 6) is -0.938. The van der Waals surface area contributed by atoms with Crippen LogP contribution in [-0.4, -0.2) is 27.7 Å². The van der Waals surface area contributed by atoms with E-state index in [-0.39, 0.29) is 11.7 Å². The number of amides is 1. The van der Waals surface area contributed by atoms with Crippen molar-refractivity contribution in [3.63, 3.8) is 0 Å². The lowest BCUT2D eigenvalue weighted by Crippen LogP contribution is -2.10. The number of nitrogens with one attached hydrogen (secondary N) is 1. The Hall–Kier alpha value is -1.56. The fraction of sp³-hybridized carbons (Fsp3) is 0.364. The van der Waals surface area contributed by atoms with E-state index in [2.05, 4.69) is 10.3 Å². The third-order valence-electron chi connectivity index (χ3n) is 1.84. The third-order valence-corrected chi connectivity index (χ3v) is 2.77. The molecule has 0 aliphatic rings. The molecule has 0 aliphatic heterocycles. The number of aliphatic carboxylic acids is 1. The van der Waals surface area contributed by atoms with Gasteiger partial charge >= 0.3 is 5.97 Å². The van der Waals surface area contributed by atoms with E-state index >= 15 is 0 Å². The van der Waals surface area contributed by atoms with E-state index in [9.17, 15) is 9.59 Å². The molecule has 1 amide bonds. The molecule has 0 aliphatic carbocycles. The van der Waals surface area contributed by atoms with Gasteiger partial charge in [0.2, 0.25) is 5.91 Å². The summed E-state index contributed by atoms with van der Waals surface area (Å²) in [6.07, 6.45) is 2.80. The normalized spacial score (nSPS) is 9.94. The Labute approximate surface area is 104 Å². The number of thioether (sulfide) groups is 1. The van der Waals surface area contributed by atoms with Gasteiger partial charge in [-0.1, -0.05) is 18.7 Å². The average Bonchev–Trinajstić information content (AvgIpc) is 2.28. The molecule has 0 bridgehead atoms. The van der Waals surface area contributed by atoms with E-state index in [1.54, 1.807) is 12.1 Å². The molecule has 1 rings (SSSR count). The van der Waals surface area contributed by atoms with Crippen molar-refractivity contribution in [1.29, 1.82) is 0 Å². The molecule has 2 N–H and O–H groups in total. The van der Waals surface area contributed by atoms with Gasteiger partial charge < -0.3 is 10.4 Å². The first-order valence-electron chi connectivity index (χ1n) is 5.22. The fourth-order valence-electron chi connectivity index (χ4n) is 1.13. The topological polar surface area (TPSA) is 79.3 Å². The minimum atomic E-state index is -0.878. The number of hydrogen-bond acceptors (Lipinski definition) is 4. The summed E-state index contributed by atoms with van der Waals surface area (Å²) < 4.78 is 0. The zero-order chi connectivity index (χ0) is 12.7. The van der Waals surface area contributed by atoms with Crippen LogP contribution in [0.1, 0.15) is 19.8 Å². The van der Waals surface area contributed by atoms with Gasteiger partial charge in [0.15, 0.2) is 0 Å². The molecular weight excluding hydrogens is 240 g/mol. The van der Waals surface area contributed by atoms with Crippen LogP contribution in [0.3, 0.4) is 0 Å². The maximum absolute atomic E-state index is 11.3. The summed E-state index contributed by atoms with van der Waals surface area (Å²) in [5.41, 5.74) is 0.628. The van der Waals surface area contributed by atoms with E-state index in [0.29, 0.717) is 17.1 Å². The monoisotopic (exact) mass is 254 g/mol. The lowest BCUT2D eigenvalue weighted by atomic mass is 10.3. The Morgan fingerprint density at radius 2 is 2.24 bits per heavy atom. The number of anilines is 1. The standard InChI is InChI=1S/C11H14N2O3S/c1-2-3-9(14)13-8-4-5-10(12-6-8)17-7-11(15)16/h4-6H,2-3,7H2,1H3,(H,13,14)(H,15,16). The first-order valence-corrected chi connectivity index (χ1v) is 6.21. The summed E-state index contributed by atoms with van der Waals surface area (Å²) in [5, 5.41) is 11.8. The third kappa shape index (κ3) is 5.35. The van der Waals surface area contributed by atoms with E-state index in [1.807, 2.05) is 6.92 Å². The maximum Gasteiger partial charge on any atom is 0.313 e. The Balaban J connectivity index is 2.49. The van der Waals surface area contributed by atoms with Crippen LogP contribution >= 0.6 is 11.8 Å². The van der Waals surface area contributed by atoms with Crippen LogP contribution in [0.15, 0.2) is 23.4 Å². The van der Waals surface area contributed by atoms with Crippen LogP contribution in [0.5, 0.6) is 0 Å². The quantitative estimate of drug-likeness (QED) is 0.759. The van der Waals surface area contributed by atoms with Crippen molar-refractivity contribution in [1.82, 2.24) is 4.98 Å². The van der Waals surface area contributed by atoms with Gasteiger partial charge in [0.05, 0.1) is 22.7 Å². The maximum atomic E-state index is 11.3. The molecule has 0 saturated carbocycles. The SMILES string of the molecule is CCCC(=O)Nc1ccc(SCC(=O)O)nc1. The Bertz CT molecular complexity index is 392. The molecule has 6 heteroatoms. The lowest BCUT2D eigenvalue weighted by Gasteiger charge is -2.04. The van der Waals surface area contributed by atoms with Crippen molar-refractivity contribution in [2.75, 3.05) is 11.1 Å². The molecule has 1 heterocycles. The van der Waals surface area contributed by atoms with Gasteiger partial charge in [0.25, 0.3) is 0 Å². The first-order chi connectivity index (χ1) is 8.11. The van der Waals surface area contributed by atoms with E-state index in [0.717, 1.165) is 18.2 Å². The van der Waals surface area contributed by atoms with Crippen LogP contribution in [-0.2, 0) is 9.59 Å². The molecular formula is C11H14N2O3S.